The fourth-order valence-corrected chi connectivity index (χ4v) is 1.51. The highest BCUT2D eigenvalue weighted by Crippen LogP contribution is 2.16. The van der Waals surface area contributed by atoms with Crippen molar-refractivity contribution in [3.63, 3.8) is 0 Å². The normalized spacial score (nSPS) is 9.89. The summed E-state index contributed by atoms with van der Waals surface area (Å²) in [5.74, 6) is -0.263. The lowest BCUT2D eigenvalue weighted by Crippen LogP contribution is -2.21. The highest BCUT2D eigenvalue weighted by atomic mass is 16.3. The number of aliphatic hydroxyl groups excluding tert-OH is 1. The number of nitrogens with one attached hydrogen (secondary N) is 2. The highest BCUT2D eigenvalue weighted by Gasteiger charge is 2.08. The molecule has 0 bridgehead atoms. The number of hydrogen-bond donors (Lipinski definition) is 3. The van der Waals surface area contributed by atoms with Crippen LogP contribution in [-0.2, 0) is 16.0 Å². The van der Waals surface area contributed by atoms with Crippen LogP contribution in [-0.4, -0.2) is 30.6 Å². The summed E-state index contributed by atoms with van der Waals surface area (Å²) in [5, 5.41) is 13.9. The lowest BCUT2D eigenvalue weighted by molar-refractivity contribution is -0.120. The average molecular weight is 250 g/mol. The largest absolute Gasteiger partial charge is 0.396 e. The first-order valence-corrected chi connectivity index (χ1v) is 5.86. The molecule has 0 atom stereocenters. The van der Waals surface area contributed by atoms with Gasteiger partial charge < -0.3 is 15.7 Å². The van der Waals surface area contributed by atoms with Crippen molar-refractivity contribution in [2.45, 2.75) is 19.3 Å². The van der Waals surface area contributed by atoms with Crippen LogP contribution in [0.2, 0.25) is 0 Å². The predicted octanol–water partition coefficient (Wildman–Crippen LogP) is 0.686. The van der Waals surface area contributed by atoms with Gasteiger partial charge in [0.25, 0.3) is 0 Å². The van der Waals surface area contributed by atoms with Gasteiger partial charge in [-0.15, -0.1) is 0 Å². The van der Waals surface area contributed by atoms with E-state index in [9.17, 15) is 9.59 Å². The van der Waals surface area contributed by atoms with Crippen molar-refractivity contribution < 1.29 is 14.7 Å². The molecule has 1 aromatic rings. The molecule has 2 amide bonds. The highest BCUT2D eigenvalue weighted by molar-refractivity contribution is 5.92. The summed E-state index contributed by atoms with van der Waals surface area (Å²) in [6.07, 6.45) is 0.932. The van der Waals surface area contributed by atoms with Gasteiger partial charge in [-0.05, 0) is 18.1 Å². The molecule has 5 nitrogen and oxygen atoms in total. The number of hydrogen-bond acceptors (Lipinski definition) is 3. The van der Waals surface area contributed by atoms with Crippen LogP contribution in [0.4, 0.5) is 5.69 Å². The zero-order chi connectivity index (χ0) is 13.4. The second-order valence-electron chi connectivity index (χ2n) is 3.88. The third-order valence-electron chi connectivity index (χ3n) is 2.48. The first-order valence-electron chi connectivity index (χ1n) is 5.86. The van der Waals surface area contributed by atoms with Gasteiger partial charge in [0.15, 0.2) is 0 Å². The van der Waals surface area contributed by atoms with Gasteiger partial charge in [-0.3, -0.25) is 9.59 Å². The number of rotatable bonds is 6. The van der Waals surface area contributed by atoms with Gasteiger partial charge in [-0.25, -0.2) is 0 Å². The lowest BCUT2D eigenvalue weighted by atomic mass is 10.1. The topological polar surface area (TPSA) is 78.4 Å². The molecule has 1 rings (SSSR count). The third-order valence-corrected chi connectivity index (χ3v) is 2.48. The molecule has 0 heterocycles. The number of anilines is 1. The Labute approximate surface area is 106 Å². The van der Waals surface area contributed by atoms with Crippen LogP contribution in [0, 0.1) is 0 Å². The molecule has 0 aliphatic rings. The van der Waals surface area contributed by atoms with Gasteiger partial charge in [0.05, 0.1) is 6.42 Å². The molecule has 0 spiro atoms. The SMILES string of the molecule is CNC(=O)Cc1ccccc1NC(=O)CCCO. The Bertz CT molecular complexity index is 418. The molecule has 0 fully saturated rings. The van der Waals surface area contributed by atoms with E-state index in [-0.39, 0.29) is 31.3 Å². The van der Waals surface area contributed by atoms with Crippen LogP contribution in [0.1, 0.15) is 18.4 Å². The number of aliphatic hydroxyl groups is 1. The maximum absolute atomic E-state index is 11.6. The number of amides is 2. The van der Waals surface area contributed by atoms with E-state index in [0.717, 1.165) is 5.56 Å². The minimum atomic E-state index is -0.159. The number of benzene rings is 1. The van der Waals surface area contributed by atoms with E-state index in [0.29, 0.717) is 12.1 Å². The Hall–Kier alpha value is -1.88. The first-order chi connectivity index (χ1) is 8.67. The Morgan fingerprint density at radius 3 is 2.61 bits per heavy atom. The van der Waals surface area contributed by atoms with Gasteiger partial charge >= 0.3 is 0 Å². The molecule has 3 N–H and O–H groups in total. The molecule has 18 heavy (non-hydrogen) atoms. The lowest BCUT2D eigenvalue weighted by Gasteiger charge is -2.10. The molecular formula is C13H18N2O3. The van der Waals surface area contributed by atoms with Gasteiger partial charge in [-0.1, -0.05) is 18.2 Å². The molecule has 0 aliphatic heterocycles. The van der Waals surface area contributed by atoms with Crippen molar-refractivity contribution in [3.8, 4) is 0 Å². The van der Waals surface area contributed by atoms with Crippen LogP contribution >= 0.6 is 0 Å². The fraction of sp³-hybridized carbons (Fsp3) is 0.385. The third kappa shape index (κ3) is 4.55. The molecule has 0 saturated heterocycles. The van der Waals surface area contributed by atoms with Crippen LogP contribution in [0.15, 0.2) is 24.3 Å². The molecule has 0 aromatic heterocycles. The summed E-state index contributed by atoms with van der Waals surface area (Å²) >= 11 is 0. The zero-order valence-electron chi connectivity index (χ0n) is 10.4. The number of carbonyl (C=O) groups is 2. The summed E-state index contributed by atoms with van der Waals surface area (Å²) < 4.78 is 0. The predicted molar refractivity (Wildman–Crippen MR) is 69.2 cm³/mol. The van der Waals surface area contributed by atoms with E-state index in [1.165, 1.54) is 0 Å². The van der Waals surface area contributed by atoms with Crippen molar-refractivity contribution in [2.24, 2.45) is 0 Å². The smallest absolute Gasteiger partial charge is 0.224 e. The van der Waals surface area contributed by atoms with Crippen molar-refractivity contribution in [1.82, 2.24) is 5.32 Å². The molecule has 98 valence electrons. The maximum Gasteiger partial charge on any atom is 0.224 e. The minimum Gasteiger partial charge on any atom is -0.396 e. The summed E-state index contributed by atoms with van der Waals surface area (Å²) in [6, 6.07) is 7.18. The second-order valence-corrected chi connectivity index (χ2v) is 3.88. The van der Waals surface area contributed by atoms with Crippen LogP contribution in [0.25, 0.3) is 0 Å². The van der Waals surface area contributed by atoms with Crippen molar-refractivity contribution >= 4 is 17.5 Å². The van der Waals surface area contributed by atoms with Crippen LogP contribution < -0.4 is 10.6 Å². The summed E-state index contributed by atoms with van der Waals surface area (Å²) in [7, 11) is 1.57. The van der Waals surface area contributed by atoms with Crippen molar-refractivity contribution in [2.75, 3.05) is 19.0 Å². The molecule has 0 radical (unpaired) electrons. The van der Waals surface area contributed by atoms with Crippen LogP contribution in [0.5, 0.6) is 0 Å². The maximum atomic E-state index is 11.6. The zero-order valence-corrected chi connectivity index (χ0v) is 10.4. The summed E-state index contributed by atoms with van der Waals surface area (Å²) in [4.78, 5) is 22.9. The number of likely N-dealkylation sites (N-methyl/N-ethyl adjacent to an activating group) is 1. The van der Waals surface area contributed by atoms with Crippen molar-refractivity contribution in [1.29, 1.82) is 0 Å². The van der Waals surface area contributed by atoms with Crippen molar-refractivity contribution in [3.05, 3.63) is 29.8 Å². The fourth-order valence-electron chi connectivity index (χ4n) is 1.51. The molecule has 0 saturated carbocycles. The van der Waals surface area contributed by atoms with Gasteiger partial charge in [0.2, 0.25) is 11.8 Å². The van der Waals surface area contributed by atoms with E-state index >= 15 is 0 Å². The standard InChI is InChI=1S/C13H18N2O3/c1-14-13(18)9-10-5-2-3-6-11(10)15-12(17)7-4-8-16/h2-3,5-6,16H,4,7-9H2,1H3,(H,14,18)(H,15,17). The monoisotopic (exact) mass is 250 g/mol. The Kier molecular flexibility index (Phi) is 5.87. The van der Waals surface area contributed by atoms with E-state index in [1.807, 2.05) is 6.07 Å². The summed E-state index contributed by atoms with van der Waals surface area (Å²) in [5.41, 5.74) is 1.42. The Morgan fingerprint density at radius 2 is 1.94 bits per heavy atom. The second kappa shape index (κ2) is 7.45. The Balaban J connectivity index is 2.69. The molecule has 5 heteroatoms. The molecule has 0 aliphatic carbocycles. The first kappa shape index (κ1) is 14.2. The van der Waals surface area contributed by atoms with Gasteiger partial charge in [0.1, 0.15) is 0 Å². The van der Waals surface area contributed by atoms with E-state index in [2.05, 4.69) is 10.6 Å². The molecule has 0 unspecified atom stereocenters. The Morgan fingerprint density at radius 1 is 1.22 bits per heavy atom. The average Bonchev–Trinajstić information content (AvgIpc) is 2.38. The van der Waals surface area contributed by atoms with E-state index in [4.69, 9.17) is 5.11 Å². The quantitative estimate of drug-likeness (QED) is 0.695. The van der Waals surface area contributed by atoms with E-state index < -0.39 is 0 Å². The minimum absolute atomic E-state index is 0.00664. The molecular weight excluding hydrogens is 232 g/mol. The van der Waals surface area contributed by atoms with Gasteiger partial charge in [0, 0.05) is 25.8 Å². The number of carbonyl (C=O) groups excluding carboxylic acids is 2. The van der Waals surface area contributed by atoms with E-state index in [1.54, 1.807) is 25.2 Å². The van der Waals surface area contributed by atoms with Gasteiger partial charge in [-0.2, -0.15) is 0 Å². The number of para-hydroxylation sites is 1. The van der Waals surface area contributed by atoms with Crippen LogP contribution in [0.3, 0.4) is 0 Å². The summed E-state index contributed by atoms with van der Waals surface area (Å²) in [6.45, 7) is -0.00664. The molecule has 1 aromatic carbocycles.